The highest BCUT2D eigenvalue weighted by Crippen LogP contribution is 2.17. The maximum absolute atomic E-state index is 6.00. The number of benzene rings is 1. The summed E-state index contributed by atoms with van der Waals surface area (Å²) in [5.74, 6) is 0.739. The standard InChI is InChI=1S/C12H15N3/c1-3-10-8-14-15(12(10)13)11-6-4-5-9(2)7-11/h4-8H,3,13H2,1-2H3. The largest absolute Gasteiger partial charge is 0.383 e. The van der Waals surface area contributed by atoms with Gasteiger partial charge in [-0.25, -0.2) is 4.68 Å². The summed E-state index contributed by atoms with van der Waals surface area (Å²) >= 11 is 0. The van der Waals surface area contributed by atoms with Gasteiger partial charge in [0.25, 0.3) is 0 Å². The first-order valence-corrected chi connectivity index (χ1v) is 5.11. The second-order valence-electron chi connectivity index (χ2n) is 3.66. The Morgan fingerprint density at radius 2 is 2.20 bits per heavy atom. The first-order chi connectivity index (χ1) is 7.22. The molecule has 1 aromatic carbocycles. The minimum absolute atomic E-state index is 0.739. The maximum Gasteiger partial charge on any atom is 0.130 e. The number of hydrogen-bond donors (Lipinski definition) is 1. The van der Waals surface area contributed by atoms with Gasteiger partial charge in [0.2, 0.25) is 0 Å². The van der Waals surface area contributed by atoms with Crippen LogP contribution in [-0.4, -0.2) is 9.78 Å². The van der Waals surface area contributed by atoms with E-state index in [0.29, 0.717) is 0 Å². The van der Waals surface area contributed by atoms with Crippen LogP contribution < -0.4 is 5.73 Å². The van der Waals surface area contributed by atoms with Gasteiger partial charge >= 0.3 is 0 Å². The summed E-state index contributed by atoms with van der Waals surface area (Å²) < 4.78 is 1.78. The topological polar surface area (TPSA) is 43.8 Å². The number of rotatable bonds is 2. The first-order valence-electron chi connectivity index (χ1n) is 5.11. The Morgan fingerprint density at radius 3 is 2.80 bits per heavy atom. The molecule has 2 N–H and O–H groups in total. The molecule has 15 heavy (non-hydrogen) atoms. The molecule has 0 saturated heterocycles. The molecule has 0 spiro atoms. The number of anilines is 1. The molecule has 0 bridgehead atoms. The van der Waals surface area contributed by atoms with Gasteiger partial charge in [0.15, 0.2) is 0 Å². The Morgan fingerprint density at radius 1 is 1.40 bits per heavy atom. The van der Waals surface area contributed by atoms with E-state index in [-0.39, 0.29) is 0 Å². The second kappa shape index (κ2) is 3.77. The van der Waals surface area contributed by atoms with Crippen LogP contribution in [-0.2, 0) is 6.42 Å². The van der Waals surface area contributed by atoms with E-state index >= 15 is 0 Å². The highest BCUT2D eigenvalue weighted by Gasteiger charge is 2.06. The highest BCUT2D eigenvalue weighted by atomic mass is 15.3. The molecule has 1 aromatic heterocycles. The molecule has 78 valence electrons. The summed E-state index contributed by atoms with van der Waals surface area (Å²) in [7, 11) is 0. The van der Waals surface area contributed by atoms with Crippen LogP contribution in [0.5, 0.6) is 0 Å². The Hall–Kier alpha value is -1.77. The minimum atomic E-state index is 0.739. The third kappa shape index (κ3) is 1.73. The molecular formula is C12H15N3. The molecule has 0 radical (unpaired) electrons. The van der Waals surface area contributed by atoms with Crippen LogP contribution >= 0.6 is 0 Å². The molecule has 0 saturated carbocycles. The molecule has 2 aromatic rings. The lowest BCUT2D eigenvalue weighted by atomic mass is 10.2. The van der Waals surface area contributed by atoms with Crippen LogP contribution in [0, 0.1) is 6.92 Å². The van der Waals surface area contributed by atoms with E-state index in [0.717, 1.165) is 23.5 Å². The van der Waals surface area contributed by atoms with Crippen molar-refractivity contribution in [1.82, 2.24) is 9.78 Å². The molecule has 2 rings (SSSR count). The zero-order valence-corrected chi connectivity index (χ0v) is 9.07. The molecule has 0 amide bonds. The number of nitrogen functional groups attached to an aromatic ring is 1. The number of hydrogen-bond acceptors (Lipinski definition) is 2. The molecule has 3 heteroatoms. The summed E-state index contributed by atoms with van der Waals surface area (Å²) in [4.78, 5) is 0. The van der Waals surface area contributed by atoms with Gasteiger partial charge in [-0.05, 0) is 31.0 Å². The van der Waals surface area contributed by atoms with E-state index in [4.69, 9.17) is 5.73 Å². The van der Waals surface area contributed by atoms with Crippen molar-refractivity contribution in [2.75, 3.05) is 5.73 Å². The zero-order chi connectivity index (χ0) is 10.8. The van der Waals surface area contributed by atoms with Crippen molar-refractivity contribution in [1.29, 1.82) is 0 Å². The summed E-state index contributed by atoms with van der Waals surface area (Å²) in [6.07, 6.45) is 2.75. The molecule has 0 aliphatic heterocycles. The van der Waals surface area contributed by atoms with Crippen LogP contribution in [0.15, 0.2) is 30.5 Å². The fourth-order valence-electron chi connectivity index (χ4n) is 1.63. The van der Waals surface area contributed by atoms with Crippen molar-refractivity contribution in [2.45, 2.75) is 20.3 Å². The number of aromatic nitrogens is 2. The van der Waals surface area contributed by atoms with Gasteiger partial charge in [0, 0.05) is 5.56 Å². The van der Waals surface area contributed by atoms with Crippen molar-refractivity contribution in [3.8, 4) is 5.69 Å². The average molecular weight is 201 g/mol. The van der Waals surface area contributed by atoms with E-state index in [9.17, 15) is 0 Å². The van der Waals surface area contributed by atoms with Crippen LogP contribution in [0.2, 0.25) is 0 Å². The van der Waals surface area contributed by atoms with Crippen LogP contribution in [0.25, 0.3) is 5.69 Å². The number of nitrogens with zero attached hydrogens (tertiary/aromatic N) is 2. The molecule has 0 aliphatic rings. The lowest BCUT2D eigenvalue weighted by Crippen LogP contribution is -2.02. The fraction of sp³-hybridized carbons (Fsp3) is 0.250. The van der Waals surface area contributed by atoms with Gasteiger partial charge in [0.05, 0.1) is 11.9 Å². The van der Waals surface area contributed by atoms with Gasteiger partial charge in [-0.3, -0.25) is 0 Å². The molecular weight excluding hydrogens is 186 g/mol. The Balaban J connectivity index is 2.49. The van der Waals surface area contributed by atoms with Crippen molar-refractivity contribution >= 4 is 5.82 Å². The molecule has 0 fully saturated rings. The molecule has 0 aliphatic carbocycles. The summed E-state index contributed by atoms with van der Waals surface area (Å²) in [6.45, 7) is 4.14. The predicted octanol–water partition coefficient (Wildman–Crippen LogP) is 2.33. The molecule has 1 heterocycles. The van der Waals surface area contributed by atoms with E-state index in [1.165, 1.54) is 5.56 Å². The van der Waals surface area contributed by atoms with Gasteiger partial charge in [-0.15, -0.1) is 0 Å². The van der Waals surface area contributed by atoms with Crippen molar-refractivity contribution in [3.05, 3.63) is 41.6 Å². The smallest absolute Gasteiger partial charge is 0.130 e. The van der Waals surface area contributed by atoms with Gasteiger partial charge < -0.3 is 5.73 Å². The van der Waals surface area contributed by atoms with Gasteiger partial charge in [0.1, 0.15) is 5.82 Å². The SMILES string of the molecule is CCc1cnn(-c2cccc(C)c2)c1N. The summed E-state index contributed by atoms with van der Waals surface area (Å²) in [6, 6.07) is 8.15. The van der Waals surface area contributed by atoms with Crippen LogP contribution in [0.3, 0.4) is 0 Å². The van der Waals surface area contributed by atoms with E-state index in [1.54, 1.807) is 4.68 Å². The van der Waals surface area contributed by atoms with Gasteiger partial charge in [-0.2, -0.15) is 5.10 Å². The Bertz CT molecular complexity index is 471. The maximum atomic E-state index is 6.00. The van der Waals surface area contributed by atoms with Crippen molar-refractivity contribution in [2.24, 2.45) is 0 Å². The average Bonchev–Trinajstić information content (AvgIpc) is 2.59. The van der Waals surface area contributed by atoms with Gasteiger partial charge in [-0.1, -0.05) is 19.1 Å². The third-order valence-electron chi connectivity index (χ3n) is 2.51. The Kier molecular flexibility index (Phi) is 2.46. The first kappa shape index (κ1) is 9.77. The number of nitrogens with two attached hydrogens (primary N) is 1. The molecule has 0 unspecified atom stereocenters. The summed E-state index contributed by atoms with van der Waals surface area (Å²) in [5, 5.41) is 4.29. The molecule has 0 atom stereocenters. The fourth-order valence-corrected chi connectivity index (χ4v) is 1.63. The van der Waals surface area contributed by atoms with Crippen molar-refractivity contribution < 1.29 is 0 Å². The lowest BCUT2D eigenvalue weighted by molar-refractivity contribution is 0.889. The van der Waals surface area contributed by atoms with E-state index in [2.05, 4.69) is 31.1 Å². The number of aryl methyl sites for hydroxylation is 2. The summed E-state index contributed by atoms with van der Waals surface area (Å²) in [5.41, 5.74) is 9.32. The normalized spacial score (nSPS) is 10.5. The molecule has 3 nitrogen and oxygen atoms in total. The predicted molar refractivity (Wildman–Crippen MR) is 62.1 cm³/mol. The van der Waals surface area contributed by atoms with Crippen LogP contribution in [0.1, 0.15) is 18.1 Å². The van der Waals surface area contributed by atoms with Crippen molar-refractivity contribution in [3.63, 3.8) is 0 Å². The monoisotopic (exact) mass is 201 g/mol. The zero-order valence-electron chi connectivity index (χ0n) is 9.07. The minimum Gasteiger partial charge on any atom is -0.383 e. The lowest BCUT2D eigenvalue weighted by Gasteiger charge is -2.05. The second-order valence-corrected chi connectivity index (χ2v) is 3.66. The quantitative estimate of drug-likeness (QED) is 0.810. The van der Waals surface area contributed by atoms with E-state index in [1.807, 2.05) is 18.3 Å². The third-order valence-corrected chi connectivity index (χ3v) is 2.51. The van der Waals surface area contributed by atoms with E-state index < -0.39 is 0 Å². The van der Waals surface area contributed by atoms with Crippen LogP contribution in [0.4, 0.5) is 5.82 Å². The Labute approximate surface area is 89.5 Å². The highest BCUT2D eigenvalue weighted by molar-refractivity contribution is 5.47.